The number of rotatable bonds is 4. The molecule has 1 aliphatic rings. The molecule has 1 saturated heterocycles. The summed E-state index contributed by atoms with van der Waals surface area (Å²) in [5.74, 6) is 1.72. The summed E-state index contributed by atoms with van der Waals surface area (Å²) >= 11 is 1.78. The van der Waals surface area contributed by atoms with Gasteiger partial charge in [-0.25, -0.2) is 8.42 Å². The van der Waals surface area contributed by atoms with Crippen LogP contribution in [0.4, 0.5) is 0 Å². The van der Waals surface area contributed by atoms with Crippen LogP contribution in [-0.2, 0) is 9.84 Å². The first kappa shape index (κ1) is 11.3. The summed E-state index contributed by atoms with van der Waals surface area (Å²) in [5, 5.41) is 3.34. The van der Waals surface area contributed by atoms with E-state index >= 15 is 0 Å². The Morgan fingerprint density at radius 1 is 1.62 bits per heavy atom. The van der Waals surface area contributed by atoms with Gasteiger partial charge in [0.05, 0.1) is 11.5 Å². The van der Waals surface area contributed by atoms with Gasteiger partial charge in [0.1, 0.15) is 0 Å². The Balaban J connectivity index is 2.32. The molecule has 0 aromatic rings. The van der Waals surface area contributed by atoms with Crippen molar-refractivity contribution in [2.75, 3.05) is 23.5 Å². The van der Waals surface area contributed by atoms with E-state index in [1.54, 1.807) is 11.8 Å². The SMILES string of the molecule is CSCC(C)NC1CCS(=O)(=O)C1. The van der Waals surface area contributed by atoms with Gasteiger partial charge in [0.2, 0.25) is 0 Å². The summed E-state index contributed by atoms with van der Waals surface area (Å²) in [4.78, 5) is 0. The maximum absolute atomic E-state index is 11.1. The van der Waals surface area contributed by atoms with Gasteiger partial charge in [0.25, 0.3) is 0 Å². The lowest BCUT2D eigenvalue weighted by molar-refractivity contribution is 0.500. The fraction of sp³-hybridized carbons (Fsp3) is 1.00. The molecule has 0 aliphatic carbocycles. The fourth-order valence-electron chi connectivity index (χ4n) is 1.63. The quantitative estimate of drug-likeness (QED) is 0.754. The van der Waals surface area contributed by atoms with Crippen molar-refractivity contribution in [2.45, 2.75) is 25.4 Å². The van der Waals surface area contributed by atoms with E-state index in [0.717, 1.165) is 12.2 Å². The van der Waals surface area contributed by atoms with E-state index in [2.05, 4.69) is 18.5 Å². The van der Waals surface area contributed by atoms with Crippen molar-refractivity contribution in [2.24, 2.45) is 0 Å². The molecule has 5 heteroatoms. The third kappa shape index (κ3) is 3.87. The highest BCUT2D eigenvalue weighted by molar-refractivity contribution is 7.98. The third-order valence-corrected chi connectivity index (χ3v) is 4.77. The highest BCUT2D eigenvalue weighted by Gasteiger charge is 2.28. The van der Waals surface area contributed by atoms with E-state index in [4.69, 9.17) is 0 Å². The van der Waals surface area contributed by atoms with Crippen LogP contribution in [0.25, 0.3) is 0 Å². The molecular weight excluding hydrogens is 206 g/mol. The monoisotopic (exact) mass is 223 g/mol. The van der Waals surface area contributed by atoms with Crippen LogP contribution in [-0.4, -0.2) is 44.0 Å². The molecule has 1 aliphatic heterocycles. The van der Waals surface area contributed by atoms with Crippen LogP contribution >= 0.6 is 11.8 Å². The lowest BCUT2D eigenvalue weighted by Gasteiger charge is -2.16. The Bertz CT molecular complexity index is 251. The van der Waals surface area contributed by atoms with Gasteiger partial charge in [0.15, 0.2) is 9.84 Å². The molecule has 1 fully saturated rings. The molecule has 0 radical (unpaired) electrons. The molecule has 13 heavy (non-hydrogen) atoms. The molecule has 1 rings (SSSR count). The molecule has 1 N–H and O–H groups in total. The zero-order valence-corrected chi connectivity index (χ0v) is 9.75. The minimum atomic E-state index is -2.73. The molecule has 0 bridgehead atoms. The zero-order chi connectivity index (χ0) is 9.90. The molecule has 1 heterocycles. The van der Waals surface area contributed by atoms with Gasteiger partial charge in [-0.05, 0) is 19.6 Å². The Kier molecular flexibility index (Phi) is 4.06. The topological polar surface area (TPSA) is 46.2 Å². The van der Waals surface area contributed by atoms with Gasteiger partial charge in [-0.3, -0.25) is 0 Å². The van der Waals surface area contributed by atoms with E-state index in [0.29, 0.717) is 17.5 Å². The highest BCUT2D eigenvalue weighted by Crippen LogP contribution is 2.12. The fourth-order valence-corrected chi connectivity index (χ4v) is 3.91. The lowest BCUT2D eigenvalue weighted by atomic mass is 10.2. The number of nitrogens with one attached hydrogen (secondary N) is 1. The van der Waals surface area contributed by atoms with Crippen LogP contribution in [0.1, 0.15) is 13.3 Å². The van der Waals surface area contributed by atoms with Crippen LogP contribution in [0.5, 0.6) is 0 Å². The first-order chi connectivity index (χ1) is 6.03. The standard InChI is InChI=1S/C8H17NO2S2/c1-7(5-12-2)9-8-3-4-13(10,11)6-8/h7-9H,3-6H2,1-2H3. The molecule has 78 valence electrons. The van der Waals surface area contributed by atoms with Gasteiger partial charge in [-0.2, -0.15) is 11.8 Å². The van der Waals surface area contributed by atoms with Crippen molar-refractivity contribution < 1.29 is 8.42 Å². The summed E-state index contributed by atoms with van der Waals surface area (Å²) < 4.78 is 22.3. The summed E-state index contributed by atoms with van der Waals surface area (Å²) in [5.41, 5.74) is 0. The van der Waals surface area contributed by atoms with Crippen LogP contribution in [0.15, 0.2) is 0 Å². The van der Waals surface area contributed by atoms with Crippen LogP contribution in [0, 0.1) is 0 Å². The third-order valence-electron chi connectivity index (χ3n) is 2.17. The van der Waals surface area contributed by atoms with E-state index in [9.17, 15) is 8.42 Å². The maximum atomic E-state index is 11.1. The minimum absolute atomic E-state index is 0.187. The van der Waals surface area contributed by atoms with Crippen molar-refractivity contribution >= 4 is 21.6 Å². The second kappa shape index (κ2) is 4.66. The largest absolute Gasteiger partial charge is 0.310 e. The van der Waals surface area contributed by atoms with Gasteiger partial charge >= 0.3 is 0 Å². The van der Waals surface area contributed by atoms with Crippen molar-refractivity contribution in [1.82, 2.24) is 5.32 Å². The highest BCUT2D eigenvalue weighted by atomic mass is 32.2. The molecule has 0 saturated carbocycles. The molecule has 2 unspecified atom stereocenters. The van der Waals surface area contributed by atoms with Crippen LogP contribution in [0.2, 0.25) is 0 Å². The number of hydrogen-bond donors (Lipinski definition) is 1. The number of hydrogen-bond acceptors (Lipinski definition) is 4. The van der Waals surface area contributed by atoms with Gasteiger partial charge in [-0.15, -0.1) is 0 Å². The molecule has 3 nitrogen and oxygen atoms in total. The zero-order valence-electron chi connectivity index (χ0n) is 8.12. The van der Waals surface area contributed by atoms with Crippen LogP contribution in [0.3, 0.4) is 0 Å². The van der Waals surface area contributed by atoms with E-state index in [-0.39, 0.29) is 6.04 Å². The van der Waals surface area contributed by atoms with E-state index < -0.39 is 9.84 Å². The van der Waals surface area contributed by atoms with Crippen molar-refractivity contribution in [3.8, 4) is 0 Å². The Labute approximate surface area is 84.6 Å². The second-order valence-corrected chi connectivity index (χ2v) is 6.76. The predicted octanol–water partition coefficient (Wildman–Crippen LogP) is 0.515. The predicted molar refractivity (Wildman–Crippen MR) is 58.0 cm³/mol. The maximum Gasteiger partial charge on any atom is 0.151 e. The van der Waals surface area contributed by atoms with Crippen molar-refractivity contribution in [3.05, 3.63) is 0 Å². The summed E-state index contributed by atoms with van der Waals surface area (Å²) in [7, 11) is -2.73. The molecule has 2 atom stereocenters. The van der Waals surface area contributed by atoms with Gasteiger partial charge in [-0.1, -0.05) is 0 Å². The molecule has 0 aromatic carbocycles. The Morgan fingerprint density at radius 3 is 2.77 bits per heavy atom. The first-order valence-electron chi connectivity index (χ1n) is 4.49. The van der Waals surface area contributed by atoms with Crippen molar-refractivity contribution in [3.63, 3.8) is 0 Å². The van der Waals surface area contributed by atoms with Crippen molar-refractivity contribution in [1.29, 1.82) is 0 Å². The number of thioether (sulfide) groups is 1. The van der Waals surface area contributed by atoms with E-state index in [1.807, 2.05) is 0 Å². The summed E-state index contributed by atoms with van der Waals surface area (Å²) in [6.07, 6.45) is 2.84. The number of sulfone groups is 1. The molecule has 0 amide bonds. The summed E-state index contributed by atoms with van der Waals surface area (Å²) in [6.45, 7) is 2.10. The average Bonchev–Trinajstić information content (AvgIpc) is 2.30. The van der Waals surface area contributed by atoms with Gasteiger partial charge < -0.3 is 5.32 Å². The summed E-state index contributed by atoms with van der Waals surface area (Å²) in [6, 6.07) is 0.598. The molecular formula is C8H17NO2S2. The Hall–Kier alpha value is 0.260. The second-order valence-electron chi connectivity index (χ2n) is 3.62. The van der Waals surface area contributed by atoms with E-state index in [1.165, 1.54) is 0 Å². The Morgan fingerprint density at radius 2 is 2.31 bits per heavy atom. The minimum Gasteiger partial charge on any atom is -0.310 e. The molecule has 0 aromatic heterocycles. The van der Waals surface area contributed by atoms with Crippen LogP contribution < -0.4 is 5.32 Å². The average molecular weight is 223 g/mol. The smallest absolute Gasteiger partial charge is 0.151 e. The normalized spacial score (nSPS) is 28.9. The lowest BCUT2D eigenvalue weighted by Crippen LogP contribution is -2.38. The van der Waals surface area contributed by atoms with Gasteiger partial charge in [0, 0.05) is 17.8 Å². The molecule has 0 spiro atoms. The first-order valence-corrected chi connectivity index (χ1v) is 7.70.